The molecule has 0 radical (unpaired) electrons. The second-order valence-corrected chi connectivity index (χ2v) is 7.54. The maximum Gasteiger partial charge on any atom is 0.233 e. The molecule has 2 aliphatic carbocycles. The van der Waals surface area contributed by atoms with E-state index >= 15 is 0 Å². The molecule has 3 N–H and O–H groups in total. The molecule has 1 amide bonds. The van der Waals surface area contributed by atoms with E-state index in [1.807, 2.05) is 0 Å². The molecule has 0 aromatic carbocycles. The van der Waals surface area contributed by atoms with Crippen molar-refractivity contribution in [1.82, 2.24) is 5.32 Å². The number of nitrogens with two attached hydrogens (primary N) is 1. The Bertz CT molecular complexity index is 380. The van der Waals surface area contributed by atoms with Crippen LogP contribution in [0.5, 0.6) is 0 Å². The molecule has 0 bridgehead atoms. The maximum absolute atomic E-state index is 12.9. The number of thiocarbonyl (C=S) groups is 1. The van der Waals surface area contributed by atoms with Crippen LogP contribution in [-0.2, 0) is 4.79 Å². The Kier molecular flexibility index (Phi) is 5.64. The van der Waals surface area contributed by atoms with Crippen LogP contribution in [0, 0.1) is 10.8 Å². The van der Waals surface area contributed by atoms with Gasteiger partial charge in [0.05, 0.1) is 10.4 Å². The number of carbonyl (C=O) groups is 1. The molecule has 0 aromatic rings. The molecule has 0 aliphatic heterocycles. The molecule has 2 fully saturated rings. The van der Waals surface area contributed by atoms with Crippen LogP contribution in [0.1, 0.15) is 77.6 Å². The maximum atomic E-state index is 12.9. The van der Waals surface area contributed by atoms with Crippen molar-refractivity contribution in [3.63, 3.8) is 0 Å². The van der Waals surface area contributed by atoms with Crippen molar-refractivity contribution in [3.8, 4) is 0 Å². The SMILES string of the molecule is CCC1(CNC(=O)C2(C(N)=S)CCCCCC2)CCCC1. The van der Waals surface area contributed by atoms with Crippen LogP contribution < -0.4 is 11.1 Å². The standard InChI is InChI=1S/C17H30N2OS/c1-2-16(9-7-8-10-16)13-19-15(20)17(14(18)21)11-5-3-4-6-12-17/h2-13H2,1H3,(H2,18,21)(H,19,20). The average molecular weight is 311 g/mol. The molecule has 0 aromatic heterocycles. The Hall–Kier alpha value is -0.640. The van der Waals surface area contributed by atoms with Crippen LogP contribution in [-0.4, -0.2) is 17.4 Å². The topological polar surface area (TPSA) is 55.1 Å². The molecule has 0 saturated heterocycles. The first kappa shape index (κ1) is 16.7. The van der Waals surface area contributed by atoms with Crippen molar-refractivity contribution < 1.29 is 4.79 Å². The minimum absolute atomic E-state index is 0.0941. The lowest BCUT2D eigenvalue weighted by Gasteiger charge is -2.33. The van der Waals surface area contributed by atoms with Crippen molar-refractivity contribution in [2.45, 2.75) is 77.6 Å². The van der Waals surface area contributed by atoms with Crippen LogP contribution in [0.25, 0.3) is 0 Å². The molecule has 2 saturated carbocycles. The van der Waals surface area contributed by atoms with Gasteiger partial charge in [-0.2, -0.15) is 0 Å². The minimum Gasteiger partial charge on any atom is -0.392 e. The number of amides is 1. The van der Waals surface area contributed by atoms with Crippen LogP contribution in [0.4, 0.5) is 0 Å². The fourth-order valence-corrected chi connectivity index (χ4v) is 4.43. The van der Waals surface area contributed by atoms with Crippen molar-refractivity contribution >= 4 is 23.1 Å². The third-order valence-corrected chi connectivity index (χ3v) is 6.29. The normalized spacial score (nSPS) is 24.2. The summed E-state index contributed by atoms with van der Waals surface area (Å²) in [4.78, 5) is 13.3. The van der Waals surface area contributed by atoms with Crippen LogP contribution in [0.15, 0.2) is 0 Å². The third-order valence-electron chi connectivity index (χ3n) is 5.90. The van der Waals surface area contributed by atoms with Gasteiger partial charge in [0.25, 0.3) is 0 Å². The van der Waals surface area contributed by atoms with E-state index in [0.717, 1.165) is 38.6 Å². The number of carbonyl (C=O) groups excluding carboxylic acids is 1. The van der Waals surface area contributed by atoms with E-state index in [2.05, 4.69) is 12.2 Å². The van der Waals surface area contributed by atoms with Crippen molar-refractivity contribution in [3.05, 3.63) is 0 Å². The molecule has 3 nitrogen and oxygen atoms in total. The summed E-state index contributed by atoms with van der Waals surface area (Å²) in [5.41, 5.74) is 5.73. The van der Waals surface area contributed by atoms with Gasteiger partial charge in [0.15, 0.2) is 0 Å². The van der Waals surface area contributed by atoms with Gasteiger partial charge in [-0.3, -0.25) is 4.79 Å². The lowest BCUT2D eigenvalue weighted by Crippen LogP contribution is -2.50. The highest BCUT2D eigenvalue weighted by molar-refractivity contribution is 7.80. The molecule has 4 heteroatoms. The summed E-state index contributed by atoms with van der Waals surface area (Å²) in [6.45, 7) is 3.04. The van der Waals surface area contributed by atoms with Gasteiger partial charge in [0, 0.05) is 6.54 Å². The zero-order valence-corrected chi connectivity index (χ0v) is 14.2. The molecule has 2 rings (SSSR count). The second kappa shape index (κ2) is 7.08. The van der Waals surface area contributed by atoms with Gasteiger partial charge in [0.1, 0.15) is 0 Å². The van der Waals surface area contributed by atoms with Gasteiger partial charge in [-0.25, -0.2) is 0 Å². The average Bonchev–Trinajstić information content (AvgIpc) is 2.80. The van der Waals surface area contributed by atoms with Gasteiger partial charge in [0.2, 0.25) is 5.91 Å². The molecule has 21 heavy (non-hydrogen) atoms. The van der Waals surface area contributed by atoms with Crippen LogP contribution in [0.2, 0.25) is 0 Å². The summed E-state index contributed by atoms with van der Waals surface area (Å²) in [6, 6.07) is 0. The van der Waals surface area contributed by atoms with E-state index in [-0.39, 0.29) is 5.91 Å². The fourth-order valence-electron chi connectivity index (χ4n) is 4.13. The molecule has 0 atom stereocenters. The molecule has 0 spiro atoms. The summed E-state index contributed by atoms with van der Waals surface area (Å²) in [5.74, 6) is 0.0941. The largest absolute Gasteiger partial charge is 0.392 e. The summed E-state index contributed by atoms with van der Waals surface area (Å²) < 4.78 is 0. The Balaban J connectivity index is 2.03. The van der Waals surface area contributed by atoms with Crippen LogP contribution in [0.3, 0.4) is 0 Å². The number of nitrogens with one attached hydrogen (secondary N) is 1. The predicted octanol–water partition coefficient (Wildman–Crippen LogP) is 3.70. The van der Waals surface area contributed by atoms with E-state index in [4.69, 9.17) is 18.0 Å². The lowest BCUT2D eigenvalue weighted by molar-refractivity contribution is -0.128. The molecular formula is C17H30N2OS. The highest BCUT2D eigenvalue weighted by atomic mass is 32.1. The van der Waals surface area contributed by atoms with E-state index in [9.17, 15) is 4.79 Å². The number of hydrogen-bond acceptors (Lipinski definition) is 2. The molecule has 120 valence electrons. The first-order valence-corrected chi connectivity index (χ1v) is 9.04. The number of hydrogen-bond donors (Lipinski definition) is 2. The number of rotatable bonds is 5. The zero-order chi connectivity index (χ0) is 15.3. The summed E-state index contributed by atoms with van der Waals surface area (Å²) in [7, 11) is 0. The summed E-state index contributed by atoms with van der Waals surface area (Å²) in [6.07, 6.45) is 12.4. The van der Waals surface area contributed by atoms with Crippen molar-refractivity contribution in [1.29, 1.82) is 0 Å². The first-order chi connectivity index (χ1) is 10.0. The van der Waals surface area contributed by atoms with Crippen LogP contribution >= 0.6 is 12.2 Å². The Morgan fingerprint density at radius 3 is 2.05 bits per heavy atom. The van der Waals surface area contributed by atoms with Crippen molar-refractivity contribution in [2.75, 3.05) is 6.54 Å². The van der Waals surface area contributed by atoms with E-state index < -0.39 is 5.41 Å². The Morgan fingerprint density at radius 1 is 1.05 bits per heavy atom. The quantitative estimate of drug-likeness (QED) is 0.601. The van der Waals surface area contributed by atoms with Crippen molar-refractivity contribution in [2.24, 2.45) is 16.6 Å². The van der Waals surface area contributed by atoms with E-state index in [1.165, 1.54) is 38.5 Å². The third kappa shape index (κ3) is 3.58. The first-order valence-electron chi connectivity index (χ1n) is 8.63. The minimum atomic E-state index is -0.584. The van der Waals surface area contributed by atoms with Gasteiger partial charge in [-0.1, -0.05) is 57.7 Å². The van der Waals surface area contributed by atoms with Gasteiger partial charge in [-0.05, 0) is 37.5 Å². The predicted molar refractivity (Wildman–Crippen MR) is 91.1 cm³/mol. The molecular weight excluding hydrogens is 280 g/mol. The Morgan fingerprint density at radius 2 is 1.57 bits per heavy atom. The van der Waals surface area contributed by atoms with E-state index in [1.54, 1.807) is 0 Å². The monoisotopic (exact) mass is 310 g/mol. The molecule has 0 unspecified atom stereocenters. The second-order valence-electron chi connectivity index (χ2n) is 7.10. The smallest absolute Gasteiger partial charge is 0.233 e. The van der Waals surface area contributed by atoms with E-state index in [0.29, 0.717) is 10.4 Å². The highest BCUT2D eigenvalue weighted by Gasteiger charge is 2.42. The highest BCUT2D eigenvalue weighted by Crippen LogP contribution is 2.41. The summed E-state index contributed by atoms with van der Waals surface area (Å²) >= 11 is 5.29. The zero-order valence-electron chi connectivity index (χ0n) is 13.4. The van der Waals surface area contributed by atoms with Gasteiger partial charge < -0.3 is 11.1 Å². The molecule has 2 aliphatic rings. The van der Waals surface area contributed by atoms with Gasteiger partial charge >= 0.3 is 0 Å². The molecule has 0 heterocycles. The Labute approximate surface area is 134 Å². The van der Waals surface area contributed by atoms with Gasteiger partial charge in [-0.15, -0.1) is 0 Å². The lowest BCUT2D eigenvalue weighted by atomic mass is 9.78. The summed E-state index contributed by atoms with van der Waals surface area (Å²) in [5, 5.41) is 3.23. The fraction of sp³-hybridized carbons (Fsp3) is 0.882.